The minimum atomic E-state index is 0.223. The van der Waals surface area contributed by atoms with E-state index >= 15 is 0 Å². The van der Waals surface area contributed by atoms with Crippen molar-refractivity contribution in [3.05, 3.63) is 98.2 Å². The molecule has 0 aliphatic rings. The molecule has 0 unspecified atom stereocenters. The van der Waals surface area contributed by atoms with Crippen molar-refractivity contribution < 1.29 is 14.3 Å². The molecule has 184 valence electrons. The molecule has 5 aromatic rings. The highest BCUT2D eigenvalue weighted by Crippen LogP contribution is 2.40. The normalized spacial score (nSPS) is 11.0. The van der Waals surface area contributed by atoms with Gasteiger partial charge in [0.25, 0.3) is 0 Å². The summed E-state index contributed by atoms with van der Waals surface area (Å²) in [6.07, 6.45) is 1.81. The fourth-order valence-corrected chi connectivity index (χ4v) is 5.04. The second-order valence-corrected chi connectivity index (χ2v) is 9.34. The van der Waals surface area contributed by atoms with Gasteiger partial charge in [-0.05, 0) is 29.8 Å². The number of nitrogens with zero attached hydrogens (tertiary/aromatic N) is 2. The average molecular weight is 551 g/mol. The van der Waals surface area contributed by atoms with Gasteiger partial charge >= 0.3 is 0 Å². The van der Waals surface area contributed by atoms with Gasteiger partial charge in [-0.1, -0.05) is 71.2 Å². The lowest BCUT2D eigenvalue weighted by Crippen LogP contribution is -1.97. The highest BCUT2D eigenvalue weighted by molar-refractivity contribution is 6.38. The molecule has 3 aromatic heterocycles. The van der Waals surface area contributed by atoms with E-state index in [2.05, 4.69) is 15.0 Å². The monoisotopic (exact) mass is 549 g/mol. The molecule has 5 rings (SSSR count). The number of methoxy groups -OCH3 is 1. The van der Waals surface area contributed by atoms with E-state index in [9.17, 15) is 9.59 Å². The predicted octanol–water partition coefficient (Wildman–Crippen LogP) is 7.48. The zero-order chi connectivity index (χ0) is 26.1. The molecule has 2 aromatic carbocycles. The lowest BCUT2D eigenvalue weighted by atomic mass is 9.97. The number of nitrogens with one attached hydrogen (secondary N) is 1. The largest absolute Gasteiger partial charge is 0.480 e. The van der Waals surface area contributed by atoms with Crippen LogP contribution in [0, 0.1) is 0 Å². The number of carbonyl (C=O) groups excluding carboxylic acids is 2. The van der Waals surface area contributed by atoms with Crippen LogP contribution in [0.1, 0.15) is 32.1 Å². The Hall–Kier alpha value is -3.71. The number of hydrogen-bond acceptors (Lipinski definition) is 5. The van der Waals surface area contributed by atoms with Crippen LogP contribution < -0.4 is 4.74 Å². The van der Waals surface area contributed by atoms with E-state index < -0.39 is 0 Å². The maximum Gasteiger partial charge on any atom is 0.224 e. The molecule has 6 nitrogen and oxygen atoms in total. The number of fused-ring (bicyclic) bond motifs is 1. The molecular weight excluding hydrogens is 533 g/mol. The fourth-order valence-electron chi connectivity index (χ4n) is 4.19. The van der Waals surface area contributed by atoms with E-state index in [0.29, 0.717) is 67.6 Å². The zero-order valence-corrected chi connectivity index (χ0v) is 21.7. The van der Waals surface area contributed by atoms with E-state index in [4.69, 9.17) is 39.5 Å². The summed E-state index contributed by atoms with van der Waals surface area (Å²) >= 11 is 20.0. The first-order valence-electron chi connectivity index (χ1n) is 11.1. The Morgan fingerprint density at radius 3 is 2.27 bits per heavy atom. The van der Waals surface area contributed by atoms with Crippen molar-refractivity contribution >= 4 is 58.4 Å². The standard InChI is InChI=1S/C28H18Cl3N3O3/c1-37-28-16(13-35)8-10-21(34-28)20-7-3-6-19(25(20)30)18-5-2-4-15(24(18)29)12-17-9-11-22-27(32-17)26(31)23(14-36)33-22/h2-11,13-14,33H,12H2,1H3. The van der Waals surface area contributed by atoms with Crippen LogP contribution in [0.15, 0.2) is 60.7 Å². The summed E-state index contributed by atoms with van der Waals surface area (Å²) in [5.41, 5.74) is 6.20. The molecule has 0 aliphatic heterocycles. The molecule has 0 saturated heterocycles. The van der Waals surface area contributed by atoms with Gasteiger partial charge in [0.2, 0.25) is 5.88 Å². The Morgan fingerprint density at radius 2 is 1.54 bits per heavy atom. The Bertz CT molecular complexity index is 1680. The zero-order valence-electron chi connectivity index (χ0n) is 19.4. The van der Waals surface area contributed by atoms with Crippen LogP contribution in [-0.4, -0.2) is 34.6 Å². The maximum absolute atomic E-state index is 11.2. The number of halogens is 3. The number of pyridine rings is 2. The van der Waals surface area contributed by atoms with Gasteiger partial charge in [0.15, 0.2) is 12.6 Å². The quantitative estimate of drug-likeness (QED) is 0.212. The van der Waals surface area contributed by atoms with Gasteiger partial charge in [-0.15, -0.1) is 0 Å². The molecule has 0 saturated carbocycles. The topological polar surface area (TPSA) is 84.9 Å². The highest BCUT2D eigenvalue weighted by Gasteiger charge is 2.17. The molecule has 37 heavy (non-hydrogen) atoms. The molecule has 0 atom stereocenters. The van der Waals surface area contributed by atoms with Crippen molar-refractivity contribution in [2.45, 2.75) is 6.42 Å². The number of benzene rings is 2. The smallest absolute Gasteiger partial charge is 0.224 e. The van der Waals surface area contributed by atoms with Gasteiger partial charge < -0.3 is 9.72 Å². The van der Waals surface area contributed by atoms with Crippen molar-refractivity contribution in [1.82, 2.24) is 15.0 Å². The van der Waals surface area contributed by atoms with Gasteiger partial charge in [0.05, 0.1) is 39.0 Å². The van der Waals surface area contributed by atoms with Gasteiger partial charge in [-0.2, -0.15) is 0 Å². The average Bonchev–Trinajstić information content (AvgIpc) is 3.24. The molecule has 0 aliphatic carbocycles. The van der Waals surface area contributed by atoms with Crippen LogP contribution in [0.4, 0.5) is 0 Å². The van der Waals surface area contributed by atoms with Crippen molar-refractivity contribution in [1.29, 1.82) is 0 Å². The fraction of sp³-hybridized carbons (Fsp3) is 0.0714. The molecule has 0 fully saturated rings. The van der Waals surface area contributed by atoms with E-state index in [1.807, 2.05) is 48.5 Å². The van der Waals surface area contributed by atoms with E-state index in [0.717, 1.165) is 22.4 Å². The molecular formula is C28H18Cl3N3O3. The van der Waals surface area contributed by atoms with Gasteiger partial charge in [-0.25, -0.2) is 9.97 Å². The van der Waals surface area contributed by atoms with E-state index in [1.165, 1.54) is 7.11 Å². The predicted molar refractivity (Wildman–Crippen MR) is 146 cm³/mol. The lowest BCUT2D eigenvalue weighted by Gasteiger charge is -2.14. The summed E-state index contributed by atoms with van der Waals surface area (Å²) in [6.45, 7) is 0. The summed E-state index contributed by atoms with van der Waals surface area (Å²) in [5.74, 6) is 0.223. The molecule has 1 N–H and O–H groups in total. The number of rotatable bonds is 7. The van der Waals surface area contributed by atoms with Crippen LogP contribution in [0.25, 0.3) is 33.4 Å². The number of ether oxygens (including phenoxy) is 1. The summed E-state index contributed by atoms with van der Waals surface area (Å²) in [5, 5.41) is 1.30. The van der Waals surface area contributed by atoms with Gasteiger partial charge in [0, 0.05) is 28.8 Å². The summed E-state index contributed by atoms with van der Waals surface area (Å²) in [7, 11) is 1.46. The molecule has 0 spiro atoms. The molecule has 0 amide bonds. The number of H-pyrrole nitrogens is 1. The minimum absolute atomic E-state index is 0.223. The Balaban J connectivity index is 1.53. The molecule has 3 heterocycles. The number of carbonyl (C=O) groups is 2. The number of aldehydes is 2. The maximum atomic E-state index is 11.2. The first kappa shape index (κ1) is 25.0. The Labute approximate surface area is 227 Å². The van der Waals surface area contributed by atoms with Crippen LogP contribution in [0.2, 0.25) is 15.1 Å². The summed E-state index contributed by atoms with van der Waals surface area (Å²) < 4.78 is 5.25. The minimum Gasteiger partial charge on any atom is -0.480 e. The third-order valence-corrected chi connectivity index (χ3v) is 7.25. The van der Waals surface area contributed by atoms with Crippen LogP contribution in [0.3, 0.4) is 0 Å². The first-order chi connectivity index (χ1) is 17.9. The van der Waals surface area contributed by atoms with E-state index in [1.54, 1.807) is 12.1 Å². The highest BCUT2D eigenvalue weighted by atomic mass is 35.5. The molecule has 0 radical (unpaired) electrons. The summed E-state index contributed by atoms with van der Waals surface area (Å²) in [6, 6.07) is 18.4. The summed E-state index contributed by atoms with van der Waals surface area (Å²) in [4.78, 5) is 34.5. The molecule has 0 bridgehead atoms. The second-order valence-electron chi connectivity index (χ2n) is 8.20. The van der Waals surface area contributed by atoms with Gasteiger partial charge in [0.1, 0.15) is 11.2 Å². The lowest BCUT2D eigenvalue weighted by molar-refractivity contribution is 0.111. The number of aromatic nitrogens is 3. The van der Waals surface area contributed by atoms with Crippen LogP contribution in [-0.2, 0) is 6.42 Å². The van der Waals surface area contributed by atoms with Crippen molar-refractivity contribution in [3.63, 3.8) is 0 Å². The van der Waals surface area contributed by atoms with Crippen molar-refractivity contribution in [3.8, 4) is 28.3 Å². The number of aromatic amines is 1. The van der Waals surface area contributed by atoms with Crippen LogP contribution in [0.5, 0.6) is 5.88 Å². The van der Waals surface area contributed by atoms with E-state index in [-0.39, 0.29) is 5.88 Å². The van der Waals surface area contributed by atoms with Gasteiger partial charge in [-0.3, -0.25) is 9.59 Å². The van der Waals surface area contributed by atoms with Crippen molar-refractivity contribution in [2.75, 3.05) is 7.11 Å². The van der Waals surface area contributed by atoms with Crippen molar-refractivity contribution in [2.24, 2.45) is 0 Å². The molecule has 9 heteroatoms. The third-order valence-electron chi connectivity index (χ3n) is 6.01. The Morgan fingerprint density at radius 1 is 0.811 bits per heavy atom. The second kappa shape index (κ2) is 10.3. The SMILES string of the molecule is COc1nc(-c2cccc(-c3cccc(Cc4ccc5[nH]c(C=O)c(Cl)c5n4)c3Cl)c2Cl)ccc1C=O. The number of hydrogen-bond donors (Lipinski definition) is 1. The Kier molecular flexibility index (Phi) is 6.98. The van der Waals surface area contributed by atoms with Crippen LogP contribution >= 0.6 is 34.8 Å². The third kappa shape index (κ3) is 4.60. The first-order valence-corrected chi connectivity index (χ1v) is 12.3.